The number of nitrogens with zero attached hydrogens (tertiary/aromatic N) is 1. The first-order valence-electron chi connectivity index (χ1n) is 6.84. The zero-order valence-corrected chi connectivity index (χ0v) is 12.6. The molecular formula is C16H12ClF4NO. The van der Waals surface area contributed by atoms with Crippen LogP contribution < -0.4 is 4.74 Å². The smallest absolute Gasteiger partial charge is 0.406 e. The van der Waals surface area contributed by atoms with Gasteiger partial charge in [-0.1, -0.05) is 23.7 Å². The van der Waals surface area contributed by atoms with Crippen LogP contribution in [0.1, 0.15) is 16.7 Å². The summed E-state index contributed by atoms with van der Waals surface area (Å²) in [6, 6.07) is 8.45. The topological polar surface area (TPSA) is 12.5 Å². The molecule has 0 fully saturated rings. The van der Waals surface area contributed by atoms with Crippen LogP contribution in [0, 0.1) is 5.82 Å². The molecule has 3 rings (SSSR count). The zero-order chi connectivity index (χ0) is 16.6. The summed E-state index contributed by atoms with van der Waals surface area (Å²) < 4.78 is 53.5. The normalized spacial score (nSPS) is 14.8. The lowest BCUT2D eigenvalue weighted by molar-refractivity contribution is -0.274. The SMILES string of the molecule is Fc1cc(Cl)c2c(c1)CN(Cc1ccc(OC(F)(F)F)cc1)C2. The van der Waals surface area contributed by atoms with Crippen LogP contribution in [0.2, 0.25) is 5.02 Å². The van der Waals surface area contributed by atoms with Gasteiger partial charge in [0.1, 0.15) is 11.6 Å². The molecule has 0 spiro atoms. The molecule has 2 aromatic rings. The average Bonchev–Trinajstić information content (AvgIpc) is 2.82. The van der Waals surface area contributed by atoms with Crippen molar-refractivity contribution in [2.75, 3.05) is 0 Å². The lowest BCUT2D eigenvalue weighted by Crippen LogP contribution is -2.17. The Kier molecular flexibility index (Phi) is 4.21. The van der Waals surface area contributed by atoms with Crippen molar-refractivity contribution in [2.45, 2.75) is 26.0 Å². The van der Waals surface area contributed by atoms with E-state index < -0.39 is 6.36 Å². The summed E-state index contributed by atoms with van der Waals surface area (Å²) in [4.78, 5) is 2.04. The average molecular weight is 346 g/mol. The first kappa shape index (κ1) is 16.1. The van der Waals surface area contributed by atoms with Gasteiger partial charge in [0.15, 0.2) is 0 Å². The number of rotatable bonds is 3. The fourth-order valence-corrected chi connectivity index (χ4v) is 2.95. The fraction of sp³-hybridized carbons (Fsp3) is 0.250. The molecule has 7 heteroatoms. The molecule has 0 N–H and O–H groups in total. The maximum absolute atomic E-state index is 13.3. The highest BCUT2D eigenvalue weighted by Gasteiger charge is 2.31. The lowest BCUT2D eigenvalue weighted by atomic mass is 10.1. The number of alkyl halides is 3. The summed E-state index contributed by atoms with van der Waals surface area (Å²) in [6.07, 6.45) is -4.70. The van der Waals surface area contributed by atoms with E-state index in [0.29, 0.717) is 24.7 Å². The van der Waals surface area contributed by atoms with E-state index in [2.05, 4.69) is 4.74 Å². The Morgan fingerprint density at radius 3 is 2.43 bits per heavy atom. The van der Waals surface area contributed by atoms with Gasteiger partial charge in [-0.25, -0.2) is 4.39 Å². The predicted molar refractivity (Wildman–Crippen MR) is 77.5 cm³/mol. The molecule has 0 aromatic heterocycles. The van der Waals surface area contributed by atoms with Crippen LogP contribution in [0.15, 0.2) is 36.4 Å². The van der Waals surface area contributed by atoms with Gasteiger partial charge in [0.05, 0.1) is 0 Å². The Morgan fingerprint density at radius 1 is 1.09 bits per heavy atom. The number of ether oxygens (including phenoxy) is 1. The summed E-state index contributed by atoms with van der Waals surface area (Å²) in [7, 11) is 0. The Bertz CT molecular complexity index is 715. The van der Waals surface area contributed by atoms with Gasteiger partial charge in [-0.15, -0.1) is 13.2 Å². The summed E-state index contributed by atoms with van der Waals surface area (Å²) >= 11 is 6.04. The molecule has 122 valence electrons. The van der Waals surface area contributed by atoms with Crippen LogP contribution in [0.3, 0.4) is 0 Å². The number of fused-ring (bicyclic) bond motifs is 1. The van der Waals surface area contributed by atoms with Crippen LogP contribution in [0.25, 0.3) is 0 Å². The fourth-order valence-electron chi connectivity index (χ4n) is 2.66. The molecular weight excluding hydrogens is 334 g/mol. The molecule has 0 bridgehead atoms. The van der Waals surface area contributed by atoms with E-state index in [0.717, 1.165) is 16.7 Å². The minimum absolute atomic E-state index is 0.254. The summed E-state index contributed by atoms with van der Waals surface area (Å²) in [5.74, 6) is -0.625. The largest absolute Gasteiger partial charge is 0.573 e. The van der Waals surface area contributed by atoms with Crippen LogP contribution in [0.4, 0.5) is 17.6 Å². The van der Waals surface area contributed by atoms with Crippen molar-refractivity contribution in [3.8, 4) is 5.75 Å². The van der Waals surface area contributed by atoms with Crippen LogP contribution in [0.5, 0.6) is 5.75 Å². The summed E-state index contributed by atoms with van der Waals surface area (Å²) in [6.45, 7) is 1.65. The quantitative estimate of drug-likeness (QED) is 0.734. The van der Waals surface area contributed by atoms with E-state index in [9.17, 15) is 17.6 Å². The molecule has 0 unspecified atom stereocenters. The van der Waals surface area contributed by atoms with Gasteiger partial charge in [0.25, 0.3) is 0 Å². The molecule has 0 amide bonds. The Hall–Kier alpha value is -1.79. The first-order chi connectivity index (χ1) is 10.8. The third-order valence-electron chi connectivity index (χ3n) is 3.59. The van der Waals surface area contributed by atoms with Crippen molar-refractivity contribution in [1.82, 2.24) is 4.90 Å². The van der Waals surface area contributed by atoms with Crippen LogP contribution >= 0.6 is 11.6 Å². The Balaban J connectivity index is 1.66. The molecule has 0 atom stereocenters. The first-order valence-corrected chi connectivity index (χ1v) is 7.22. The molecule has 1 aliphatic rings. The van der Waals surface area contributed by atoms with Gasteiger partial charge in [0.2, 0.25) is 0 Å². The molecule has 0 saturated carbocycles. The third-order valence-corrected chi connectivity index (χ3v) is 3.93. The lowest BCUT2D eigenvalue weighted by Gasteiger charge is -2.15. The Morgan fingerprint density at radius 2 is 1.78 bits per heavy atom. The number of benzene rings is 2. The maximum Gasteiger partial charge on any atom is 0.573 e. The number of hydrogen-bond donors (Lipinski definition) is 0. The van der Waals surface area contributed by atoms with Gasteiger partial charge in [0, 0.05) is 24.7 Å². The molecule has 2 aromatic carbocycles. The second-order valence-corrected chi connectivity index (χ2v) is 5.77. The summed E-state index contributed by atoms with van der Waals surface area (Å²) in [5, 5.41) is 0.399. The van der Waals surface area contributed by atoms with Gasteiger partial charge < -0.3 is 4.74 Å². The highest BCUT2D eigenvalue weighted by Crippen LogP contribution is 2.31. The molecule has 23 heavy (non-hydrogen) atoms. The predicted octanol–water partition coefficient (Wildman–Crippen LogP) is 4.89. The van der Waals surface area contributed by atoms with Gasteiger partial charge in [-0.3, -0.25) is 4.90 Å². The number of hydrogen-bond acceptors (Lipinski definition) is 2. The second kappa shape index (κ2) is 6.02. The van der Waals surface area contributed by atoms with E-state index in [-0.39, 0.29) is 11.6 Å². The molecule has 0 radical (unpaired) electrons. The van der Waals surface area contributed by atoms with E-state index >= 15 is 0 Å². The summed E-state index contributed by atoms with van der Waals surface area (Å²) in [5.41, 5.74) is 2.57. The van der Waals surface area contributed by atoms with E-state index in [1.165, 1.54) is 24.3 Å². The van der Waals surface area contributed by atoms with Crippen molar-refractivity contribution in [3.05, 3.63) is 63.9 Å². The van der Waals surface area contributed by atoms with Gasteiger partial charge in [-0.2, -0.15) is 0 Å². The van der Waals surface area contributed by atoms with Crippen molar-refractivity contribution >= 4 is 11.6 Å². The van der Waals surface area contributed by atoms with Crippen molar-refractivity contribution < 1.29 is 22.3 Å². The van der Waals surface area contributed by atoms with Crippen LogP contribution in [-0.4, -0.2) is 11.3 Å². The highest BCUT2D eigenvalue weighted by molar-refractivity contribution is 6.31. The maximum atomic E-state index is 13.3. The molecule has 2 nitrogen and oxygen atoms in total. The third kappa shape index (κ3) is 3.95. The monoisotopic (exact) mass is 345 g/mol. The zero-order valence-electron chi connectivity index (χ0n) is 11.8. The minimum atomic E-state index is -4.70. The van der Waals surface area contributed by atoms with Crippen molar-refractivity contribution in [1.29, 1.82) is 0 Å². The molecule has 1 heterocycles. The van der Waals surface area contributed by atoms with E-state index in [1.807, 2.05) is 4.90 Å². The van der Waals surface area contributed by atoms with Crippen molar-refractivity contribution in [2.24, 2.45) is 0 Å². The minimum Gasteiger partial charge on any atom is -0.406 e. The van der Waals surface area contributed by atoms with Crippen LogP contribution in [-0.2, 0) is 19.6 Å². The highest BCUT2D eigenvalue weighted by atomic mass is 35.5. The van der Waals surface area contributed by atoms with E-state index in [1.54, 1.807) is 12.1 Å². The van der Waals surface area contributed by atoms with E-state index in [4.69, 9.17) is 11.6 Å². The second-order valence-electron chi connectivity index (χ2n) is 5.36. The molecule has 1 aliphatic heterocycles. The van der Waals surface area contributed by atoms with Crippen molar-refractivity contribution in [3.63, 3.8) is 0 Å². The standard InChI is InChI=1S/C16H12ClF4NO/c17-15-6-12(18)5-11-8-22(9-14(11)15)7-10-1-3-13(4-2-10)23-16(19,20)21/h1-6H,7-9H2. The molecule has 0 saturated heterocycles. The van der Waals surface area contributed by atoms with Gasteiger partial charge in [-0.05, 0) is 41.0 Å². The number of halogens is 5. The van der Waals surface area contributed by atoms with Gasteiger partial charge >= 0.3 is 6.36 Å². The molecule has 0 aliphatic carbocycles. The Labute approximate surface area is 135 Å².